The lowest BCUT2D eigenvalue weighted by Gasteiger charge is -2.06. The quantitative estimate of drug-likeness (QED) is 0.726. The van der Waals surface area contributed by atoms with Gasteiger partial charge >= 0.3 is 0 Å². The van der Waals surface area contributed by atoms with Gasteiger partial charge in [0.05, 0.1) is 5.01 Å². The van der Waals surface area contributed by atoms with E-state index < -0.39 is 0 Å². The molecule has 0 saturated heterocycles. The third-order valence-electron chi connectivity index (χ3n) is 2.28. The van der Waals surface area contributed by atoms with E-state index in [0.717, 1.165) is 36.4 Å². The van der Waals surface area contributed by atoms with Crippen LogP contribution in [0, 0.1) is 0 Å². The highest BCUT2D eigenvalue weighted by molar-refractivity contribution is 7.12. The van der Waals surface area contributed by atoms with Crippen molar-refractivity contribution in [2.45, 2.75) is 39.0 Å². The Kier molecular flexibility index (Phi) is 2.44. The molecule has 1 aliphatic carbocycles. The average Bonchev–Trinajstić information content (AvgIpc) is 2.49. The number of nitrogens with zero attached hydrogens (tertiary/aromatic N) is 1. The average molecular weight is 195 g/mol. The summed E-state index contributed by atoms with van der Waals surface area (Å²) >= 11 is 1.73. The number of thiazole rings is 1. The topological polar surface area (TPSA) is 30.0 Å². The van der Waals surface area contributed by atoms with Gasteiger partial charge in [0, 0.05) is 11.3 Å². The first-order valence-electron chi connectivity index (χ1n) is 4.83. The smallest absolute Gasteiger partial charge is 0.182 e. The van der Waals surface area contributed by atoms with Crippen LogP contribution < -0.4 is 0 Å². The van der Waals surface area contributed by atoms with Gasteiger partial charge in [-0.1, -0.05) is 6.92 Å². The molecule has 0 spiro atoms. The lowest BCUT2D eigenvalue weighted by molar-refractivity contribution is 0.0968. The highest BCUT2D eigenvalue weighted by Crippen LogP contribution is 2.27. The Labute approximate surface area is 82.0 Å². The SMILES string of the molecule is CCCc1nc2c(s1)CCCC2=O. The molecule has 0 amide bonds. The zero-order chi connectivity index (χ0) is 9.26. The minimum atomic E-state index is 0.250. The number of Topliss-reactive ketones (excluding diaryl/α,β-unsaturated/α-hetero) is 1. The molecule has 0 radical (unpaired) electrons. The summed E-state index contributed by atoms with van der Waals surface area (Å²) in [6.45, 7) is 2.14. The number of aryl methyl sites for hydroxylation is 2. The van der Waals surface area contributed by atoms with Crippen molar-refractivity contribution in [1.82, 2.24) is 4.98 Å². The van der Waals surface area contributed by atoms with Gasteiger partial charge < -0.3 is 0 Å². The number of carbonyl (C=O) groups excluding carboxylic acids is 1. The van der Waals surface area contributed by atoms with Gasteiger partial charge in [0.15, 0.2) is 5.78 Å². The monoisotopic (exact) mass is 195 g/mol. The fraction of sp³-hybridized carbons (Fsp3) is 0.600. The van der Waals surface area contributed by atoms with Crippen LogP contribution in [0.3, 0.4) is 0 Å². The Morgan fingerprint density at radius 3 is 3.00 bits per heavy atom. The largest absolute Gasteiger partial charge is 0.292 e. The van der Waals surface area contributed by atoms with E-state index in [4.69, 9.17) is 0 Å². The second kappa shape index (κ2) is 3.58. The van der Waals surface area contributed by atoms with Crippen molar-refractivity contribution in [2.75, 3.05) is 0 Å². The summed E-state index contributed by atoms with van der Waals surface area (Å²) in [5.74, 6) is 0.250. The van der Waals surface area contributed by atoms with Crippen molar-refractivity contribution in [3.05, 3.63) is 15.6 Å². The van der Waals surface area contributed by atoms with E-state index in [1.807, 2.05) is 0 Å². The predicted octanol–water partition coefficient (Wildman–Crippen LogP) is 2.61. The number of carbonyl (C=O) groups is 1. The molecule has 0 saturated carbocycles. The van der Waals surface area contributed by atoms with Crippen LogP contribution in [0.5, 0.6) is 0 Å². The van der Waals surface area contributed by atoms with Gasteiger partial charge in [-0.05, 0) is 25.7 Å². The summed E-state index contributed by atoms with van der Waals surface area (Å²) in [6, 6.07) is 0. The van der Waals surface area contributed by atoms with Crippen LogP contribution in [-0.4, -0.2) is 10.8 Å². The van der Waals surface area contributed by atoms with E-state index in [1.165, 1.54) is 4.88 Å². The molecule has 1 heterocycles. The van der Waals surface area contributed by atoms with Gasteiger partial charge in [0.2, 0.25) is 0 Å². The Balaban J connectivity index is 2.31. The van der Waals surface area contributed by atoms with Crippen molar-refractivity contribution in [1.29, 1.82) is 0 Å². The number of rotatable bonds is 2. The molecule has 1 aromatic heterocycles. The summed E-state index contributed by atoms with van der Waals surface area (Å²) in [6.07, 6.45) is 4.90. The van der Waals surface area contributed by atoms with Gasteiger partial charge in [-0.25, -0.2) is 4.98 Å². The molecule has 13 heavy (non-hydrogen) atoms. The first-order valence-corrected chi connectivity index (χ1v) is 5.64. The number of hydrogen-bond donors (Lipinski definition) is 0. The summed E-state index contributed by atoms with van der Waals surface area (Å²) < 4.78 is 0. The molecule has 3 heteroatoms. The van der Waals surface area contributed by atoms with Crippen LogP contribution in [0.2, 0.25) is 0 Å². The third-order valence-corrected chi connectivity index (χ3v) is 3.45. The molecule has 2 nitrogen and oxygen atoms in total. The van der Waals surface area contributed by atoms with Gasteiger partial charge in [0.25, 0.3) is 0 Å². The molecular formula is C10H13NOS. The van der Waals surface area contributed by atoms with Crippen LogP contribution in [-0.2, 0) is 12.8 Å². The molecule has 0 atom stereocenters. The van der Waals surface area contributed by atoms with E-state index in [0.29, 0.717) is 6.42 Å². The molecule has 2 rings (SSSR count). The van der Waals surface area contributed by atoms with Crippen molar-refractivity contribution in [3.63, 3.8) is 0 Å². The maximum absolute atomic E-state index is 11.4. The lowest BCUT2D eigenvalue weighted by Crippen LogP contribution is -2.08. The van der Waals surface area contributed by atoms with Crippen molar-refractivity contribution >= 4 is 17.1 Å². The van der Waals surface area contributed by atoms with Gasteiger partial charge in [-0.2, -0.15) is 0 Å². The molecule has 1 aliphatic rings. The third kappa shape index (κ3) is 1.66. The van der Waals surface area contributed by atoms with Crippen molar-refractivity contribution in [3.8, 4) is 0 Å². The Morgan fingerprint density at radius 2 is 2.31 bits per heavy atom. The Hall–Kier alpha value is -0.700. The fourth-order valence-corrected chi connectivity index (χ4v) is 2.87. The highest BCUT2D eigenvalue weighted by atomic mass is 32.1. The molecule has 1 aromatic rings. The summed E-state index contributed by atoms with van der Waals surface area (Å²) in [5, 5.41) is 1.14. The molecule has 0 unspecified atom stereocenters. The second-order valence-electron chi connectivity index (χ2n) is 3.41. The van der Waals surface area contributed by atoms with E-state index in [1.54, 1.807) is 11.3 Å². The second-order valence-corrected chi connectivity index (χ2v) is 4.57. The summed E-state index contributed by atoms with van der Waals surface area (Å²) in [5.41, 5.74) is 0.778. The summed E-state index contributed by atoms with van der Waals surface area (Å²) in [7, 11) is 0. The van der Waals surface area contributed by atoms with Crippen molar-refractivity contribution < 1.29 is 4.79 Å². The van der Waals surface area contributed by atoms with Crippen LogP contribution in [0.15, 0.2) is 0 Å². The maximum atomic E-state index is 11.4. The first kappa shape index (κ1) is 8.88. The van der Waals surface area contributed by atoms with Crippen LogP contribution in [0.1, 0.15) is 46.6 Å². The zero-order valence-electron chi connectivity index (χ0n) is 7.80. The summed E-state index contributed by atoms with van der Waals surface area (Å²) in [4.78, 5) is 17.1. The van der Waals surface area contributed by atoms with Crippen LogP contribution in [0.25, 0.3) is 0 Å². The molecule has 0 N–H and O–H groups in total. The number of ketones is 1. The van der Waals surface area contributed by atoms with E-state index >= 15 is 0 Å². The standard InChI is InChI=1S/C10H13NOS/c1-2-4-9-11-10-7(12)5-3-6-8(10)13-9/h2-6H2,1H3. The molecule has 70 valence electrons. The number of fused-ring (bicyclic) bond motifs is 1. The van der Waals surface area contributed by atoms with E-state index in [-0.39, 0.29) is 5.78 Å². The maximum Gasteiger partial charge on any atom is 0.182 e. The molecule has 0 bridgehead atoms. The molecule has 0 fully saturated rings. The minimum absolute atomic E-state index is 0.250. The number of hydrogen-bond acceptors (Lipinski definition) is 3. The van der Waals surface area contributed by atoms with E-state index in [9.17, 15) is 4.79 Å². The lowest BCUT2D eigenvalue weighted by atomic mass is 10.0. The predicted molar refractivity (Wildman–Crippen MR) is 53.4 cm³/mol. The highest BCUT2D eigenvalue weighted by Gasteiger charge is 2.21. The van der Waals surface area contributed by atoms with Gasteiger partial charge in [0.1, 0.15) is 5.69 Å². The van der Waals surface area contributed by atoms with Crippen LogP contribution >= 0.6 is 11.3 Å². The van der Waals surface area contributed by atoms with Crippen LogP contribution in [0.4, 0.5) is 0 Å². The molecular weight excluding hydrogens is 182 g/mol. The number of aromatic nitrogens is 1. The Morgan fingerprint density at radius 1 is 1.46 bits per heavy atom. The normalized spacial score (nSPS) is 15.9. The minimum Gasteiger partial charge on any atom is -0.292 e. The molecule has 0 aromatic carbocycles. The van der Waals surface area contributed by atoms with Gasteiger partial charge in [-0.15, -0.1) is 11.3 Å². The van der Waals surface area contributed by atoms with Gasteiger partial charge in [-0.3, -0.25) is 4.79 Å². The molecule has 0 aliphatic heterocycles. The van der Waals surface area contributed by atoms with E-state index in [2.05, 4.69) is 11.9 Å². The Bertz CT molecular complexity index is 330. The fourth-order valence-electron chi connectivity index (χ4n) is 1.64. The van der Waals surface area contributed by atoms with Crippen molar-refractivity contribution in [2.24, 2.45) is 0 Å². The first-order chi connectivity index (χ1) is 6.31. The zero-order valence-corrected chi connectivity index (χ0v) is 8.62.